The van der Waals surface area contributed by atoms with Crippen molar-refractivity contribution in [2.75, 3.05) is 41.0 Å². The molecule has 0 fully saturated rings. The van der Waals surface area contributed by atoms with Gasteiger partial charge in [-0.15, -0.1) is 10.1 Å². The minimum atomic E-state index is -0.881. The molecule has 0 bridgehead atoms. The van der Waals surface area contributed by atoms with Gasteiger partial charge in [0, 0.05) is 19.1 Å². The van der Waals surface area contributed by atoms with Gasteiger partial charge in [-0.1, -0.05) is 32.9 Å². The van der Waals surface area contributed by atoms with E-state index in [-0.39, 0.29) is 31.2 Å². The van der Waals surface area contributed by atoms with Gasteiger partial charge in [0.1, 0.15) is 12.7 Å². The van der Waals surface area contributed by atoms with Crippen molar-refractivity contribution in [1.29, 1.82) is 5.26 Å². The summed E-state index contributed by atoms with van der Waals surface area (Å²) in [4.78, 5) is 17.5. The molecule has 0 spiro atoms. The average Bonchev–Trinajstić information content (AvgIpc) is 2.94. The lowest BCUT2D eigenvalue weighted by Gasteiger charge is -2.36. The van der Waals surface area contributed by atoms with Crippen molar-refractivity contribution in [3.63, 3.8) is 0 Å². The lowest BCUT2D eigenvalue weighted by Crippen LogP contribution is -2.47. The number of likely N-dealkylation sites (N-methyl/N-ethyl adjacent to an activating group) is 1. The van der Waals surface area contributed by atoms with Gasteiger partial charge in [-0.3, -0.25) is 4.90 Å². The first-order valence-electron chi connectivity index (χ1n) is 13.4. The Bertz CT molecular complexity index is 1120. The van der Waals surface area contributed by atoms with Crippen LogP contribution >= 0.6 is 0 Å². The molecule has 0 radical (unpaired) electrons. The molecular weight excluding hydrogens is 516 g/mol. The number of hydrogen-bond donors (Lipinski definition) is 1. The van der Waals surface area contributed by atoms with E-state index in [0.717, 1.165) is 30.5 Å². The normalized spacial score (nSPS) is 13.3. The Kier molecular flexibility index (Phi) is 13.3. The summed E-state index contributed by atoms with van der Waals surface area (Å²) in [5, 5.41) is 18.8. The summed E-state index contributed by atoms with van der Waals surface area (Å²) in [5.41, 5.74) is 7.46. The number of ether oxygens (including phenoxy) is 4. The highest BCUT2D eigenvalue weighted by Gasteiger charge is 2.29. The molecule has 40 heavy (non-hydrogen) atoms. The van der Waals surface area contributed by atoms with E-state index in [9.17, 15) is 10.1 Å². The maximum atomic E-state index is 10.7. The molecule has 220 valence electrons. The first-order chi connectivity index (χ1) is 19.2. The number of rotatable bonds is 18. The van der Waals surface area contributed by atoms with Gasteiger partial charge in [0.25, 0.3) is 5.09 Å². The summed E-state index contributed by atoms with van der Waals surface area (Å²) in [6.45, 7) is 7.05. The minimum absolute atomic E-state index is 0.0544. The highest BCUT2D eigenvalue weighted by molar-refractivity contribution is 5.44. The fourth-order valence-corrected chi connectivity index (χ4v) is 4.52. The van der Waals surface area contributed by atoms with Crippen molar-refractivity contribution in [3.8, 4) is 29.1 Å². The summed E-state index contributed by atoms with van der Waals surface area (Å²) >= 11 is 0. The average molecular weight is 559 g/mol. The van der Waals surface area contributed by atoms with Gasteiger partial charge in [0.05, 0.1) is 26.7 Å². The number of methoxy groups -OCH3 is 2. The number of nitriles is 1. The van der Waals surface area contributed by atoms with E-state index in [1.807, 2.05) is 36.4 Å². The van der Waals surface area contributed by atoms with Crippen molar-refractivity contribution < 1.29 is 28.9 Å². The topological polar surface area (TPSA) is 142 Å². The molecule has 0 aliphatic carbocycles. The van der Waals surface area contributed by atoms with Crippen LogP contribution in [0.15, 0.2) is 36.4 Å². The molecular formula is C29H42N4O7. The van der Waals surface area contributed by atoms with Crippen molar-refractivity contribution in [2.24, 2.45) is 11.7 Å². The molecule has 0 saturated carbocycles. The van der Waals surface area contributed by atoms with Crippen LogP contribution in [0.2, 0.25) is 0 Å². The first kappa shape index (κ1) is 32.5. The maximum Gasteiger partial charge on any atom is 0.294 e. The van der Waals surface area contributed by atoms with Crippen LogP contribution in [0.3, 0.4) is 0 Å². The zero-order chi connectivity index (χ0) is 29.7. The molecule has 11 nitrogen and oxygen atoms in total. The highest BCUT2D eigenvalue weighted by Crippen LogP contribution is 2.32. The molecule has 0 saturated heterocycles. The van der Waals surface area contributed by atoms with E-state index in [1.165, 1.54) is 7.11 Å². The zero-order valence-electron chi connectivity index (χ0n) is 24.3. The summed E-state index contributed by atoms with van der Waals surface area (Å²) in [5.74, 6) is 2.48. The summed E-state index contributed by atoms with van der Waals surface area (Å²) in [7, 11) is 5.22. The van der Waals surface area contributed by atoms with Crippen LogP contribution in [0, 0.1) is 27.4 Å². The minimum Gasteiger partial charge on any atom is -0.493 e. The predicted octanol–water partition coefficient (Wildman–Crippen LogP) is 4.04. The quantitative estimate of drug-likeness (QED) is 0.210. The molecule has 0 amide bonds. The molecule has 0 aliphatic heterocycles. The Labute approximate surface area is 236 Å². The zero-order valence-corrected chi connectivity index (χ0v) is 24.3. The van der Waals surface area contributed by atoms with Crippen LogP contribution in [-0.4, -0.2) is 69.2 Å². The summed E-state index contributed by atoms with van der Waals surface area (Å²) < 4.78 is 23.3. The Morgan fingerprint density at radius 3 is 2.27 bits per heavy atom. The van der Waals surface area contributed by atoms with Gasteiger partial charge in [0.15, 0.2) is 29.1 Å². The third kappa shape index (κ3) is 9.47. The van der Waals surface area contributed by atoms with E-state index in [1.54, 1.807) is 7.11 Å². The molecule has 2 aromatic rings. The highest BCUT2D eigenvalue weighted by atomic mass is 17.0. The SMILES string of the molecule is CCC(C(Oc1ccc(CC#N)cc1OC)C(C)C)N(C)CCc1ccc(OC)c(OCC(CN)O[N+](=O)[O-])c1. The summed E-state index contributed by atoms with van der Waals surface area (Å²) in [6.07, 6.45) is 0.936. The van der Waals surface area contributed by atoms with Crippen molar-refractivity contribution >= 4 is 0 Å². The Hall–Kier alpha value is -3.75. The van der Waals surface area contributed by atoms with Crippen LogP contribution in [-0.2, 0) is 17.7 Å². The molecule has 3 unspecified atom stereocenters. The van der Waals surface area contributed by atoms with Gasteiger partial charge in [-0.25, -0.2) is 0 Å². The monoisotopic (exact) mass is 558 g/mol. The van der Waals surface area contributed by atoms with Gasteiger partial charge in [0.2, 0.25) is 0 Å². The molecule has 0 aromatic heterocycles. The van der Waals surface area contributed by atoms with Gasteiger partial charge in [-0.05, 0) is 61.2 Å². The third-order valence-electron chi connectivity index (χ3n) is 6.70. The number of nitrogens with zero attached hydrogens (tertiary/aromatic N) is 3. The van der Waals surface area contributed by atoms with Crippen LogP contribution < -0.4 is 24.7 Å². The number of hydrogen-bond acceptors (Lipinski definition) is 10. The van der Waals surface area contributed by atoms with Crippen molar-refractivity contribution in [3.05, 3.63) is 57.6 Å². The van der Waals surface area contributed by atoms with E-state index in [0.29, 0.717) is 29.4 Å². The van der Waals surface area contributed by atoms with E-state index >= 15 is 0 Å². The van der Waals surface area contributed by atoms with Crippen LogP contribution in [0.25, 0.3) is 0 Å². The fraction of sp³-hybridized carbons (Fsp3) is 0.552. The molecule has 3 atom stereocenters. The number of nitrogens with two attached hydrogens (primary N) is 1. The maximum absolute atomic E-state index is 10.7. The number of benzene rings is 2. The van der Waals surface area contributed by atoms with Crippen molar-refractivity contribution in [1.82, 2.24) is 4.90 Å². The standard InChI is InChI=1S/C29H42N4O7/c1-7-24(29(20(2)3)39-26-11-9-21(12-14-30)16-27(26)37-6)32(4)15-13-22-8-10-25(36-5)28(17-22)38-19-23(18-31)40-33(34)35/h8-11,16-17,20,23-24,29H,7,12-13,15,18-19,31H2,1-6H3. The largest absolute Gasteiger partial charge is 0.493 e. The molecule has 2 rings (SSSR count). The van der Waals surface area contributed by atoms with Gasteiger partial charge in [-0.2, -0.15) is 5.26 Å². The second kappa shape index (κ2) is 16.4. The molecule has 0 heterocycles. The fourth-order valence-electron chi connectivity index (χ4n) is 4.52. The lowest BCUT2D eigenvalue weighted by atomic mass is 9.95. The molecule has 0 aliphatic rings. The first-order valence-corrected chi connectivity index (χ1v) is 13.4. The molecule has 2 N–H and O–H groups in total. The summed E-state index contributed by atoms with van der Waals surface area (Å²) in [6, 6.07) is 13.6. The van der Waals surface area contributed by atoms with Gasteiger partial charge >= 0.3 is 0 Å². The van der Waals surface area contributed by atoms with Gasteiger partial charge < -0.3 is 29.5 Å². The van der Waals surface area contributed by atoms with Crippen molar-refractivity contribution in [2.45, 2.75) is 58.3 Å². The Morgan fingerprint density at radius 2 is 1.70 bits per heavy atom. The second-order valence-electron chi connectivity index (χ2n) is 9.84. The predicted molar refractivity (Wildman–Crippen MR) is 151 cm³/mol. The van der Waals surface area contributed by atoms with E-state index < -0.39 is 11.2 Å². The Balaban J connectivity index is 2.13. The smallest absolute Gasteiger partial charge is 0.294 e. The van der Waals surface area contributed by atoms with E-state index in [2.05, 4.69) is 43.6 Å². The van der Waals surface area contributed by atoms with Crippen LogP contribution in [0.1, 0.15) is 38.3 Å². The van der Waals surface area contributed by atoms with E-state index in [4.69, 9.17) is 29.9 Å². The molecule has 2 aromatic carbocycles. The van der Waals surface area contributed by atoms with Crippen LogP contribution in [0.5, 0.6) is 23.0 Å². The van der Waals surface area contributed by atoms with Crippen LogP contribution in [0.4, 0.5) is 0 Å². The lowest BCUT2D eigenvalue weighted by molar-refractivity contribution is -0.768. The Morgan fingerprint density at radius 1 is 1.05 bits per heavy atom. The molecule has 11 heteroatoms. The third-order valence-corrected chi connectivity index (χ3v) is 6.70. The second-order valence-corrected chi connectivity index (χ2v) is 9.84.